The second-order valence-corrected chi connectivity index (χ2v) is 23.5. The van der Waals surface area contributed by atoms with Gasteiger partial charge in [0, 0.05) is 12.8 Å². The molecule has 0 amide bonds. The molecule has 0 spiro atoms. The fourth-order valence-electron chi connectivity index (χ4n) is 8.98. The van der Waals surface area contributed by atoms with Crippen molar-refractivity contribution in [1.82, 2.24) is 0 Å². The van der Waals surface area contributed by atoms with Crippen molar-refractivity contribution in [3.63, 3.8) is 0 Å². The lowest BCUT2D eigenvalue weighted by molar-refractivity contribution is -0.870. The van der Waals surface area contributed by atoms with Crippen molar-refractivity contribution in [3.8, 4) is 0 Å². The summed E-state index contributed by atoms with van der Waals surface area (Å²) in [4.78, 5) is 37.8. The summed E-state index contributed by atoms with van der Waals surface area (Å²) in [5.74, 6) is -0.815. The Bertz CT molecular complexity index is 1250. The number of hydrogen-bond acceptors (Lipinski definition) is 8. The highest BCUT2D eigenvalue weighted by molar-refractivity contribution is 7.45. The zero-order valence-corrected chi connectivity index (χ0v) is 48.6. The molecule has 0 aromatic rings. The molecule has 71 heavy (non-hydrogen) atoms. The molecule has 0 radical (unpaired) electrons. The lowest BCUT2D eigenvalue weighted by Crippen LogP contribution is -2.37. The van der Waals surface area contributed by atoms with E-state index >= 15 is 0 Å². The minimum Gasteiger partial charge on any atom is -0.756 e. The third-order valence-electron chi connectivity index (χ3n) is 13.7. The molecule has 10 heteroatoms. The van der Waals surface area contributed by atoms with E-state index in [9.17, 15) is 19.0 Å². The number of carbonyl (C=O) groups is 2. The topological polar surface area (TPSA) is 111 Å². The van der Waals surface area contributed by atoms with Crippen LogP contribution < -0.4 is 4.89 Å². The summed E-state index contributed by atoms with van der Waals surface area (Å²) < 4.78 is 34.2. The van der Waals surface area contributed by atoms with Crippen LogP contribution in [0.2, 0.25) is 0 Å². The molecule has 0 rings (SSSR count). The fraction of sp³-hybridized carbons (Fsp3) is 0.902. The predicted molar refractivity (Wildman–Crippen MR) is 301 cm³/mol. The van der Waals surface area contributed by atoms with Gasteiger partial charge in [0.1, 0.15) is 19.8 Å². The number of rotatable bonds is 57. The Kier molecular flexibility index (Phi) is 52.2. The molecule has 0 bridgehead atoms. The summed E-state index contributed by atoms with van der Waals surface area (Å²) in [6, 6.07) is 0. The smallest absolute Gasteiger partial charge is 0.306 e. The van der Waals surface area contributed by atoms with E-state index in [0.717, 1.165) is 38.5 Å². The molecule has 0 heterocycles. The summed E-state index contributed by atoms with van der Waals surface area (Å²) in [5, 5.41) is 0. The number of quaternary nitrogens is 1. The first-order valence-electron chi connectivity index (χ1n) is 30.5. The average Bonchev–Trinajstić information content (AvgIpc) is 3.33. The van der Waals surface area contributed by atoms with E-state index in [2.05, 4.69) is 38.2 Å². The van der Waals surface area contributed by atoms with E-state index in [1.165, 1.54) is 231 Å². The Labute approximate surface area is 440 Å². The van der Waals surface area contributed by atoms with Crippen LogP contribution in [0.1, 0.15) is 303 Å². The maximum absolute atomic E-state index is 12.8. The molecule has 420 valence electrons. The number of phosphoric acid groups is 1. The van der Waals surface area contributed by atoms with Gasteiger partial charge in [-0.3, -0.25) is 14.2 Å². The summed E-state index contributed by atoms with van der Waals surface area (Å²) in [7, 11) is 1.18. The van der Waals surface area contributed by atoms with Crippen LogP contribution in [0.3, 0.4) is 0 Å². The average molecular weight is 1020 g/mol. The first-order valence-corrected chi connectivity index (χ1v) is 32.0. The molecule has 0 N–H and O–H groups in total. The Morgan fingerprint density at radius 1 is 0.437 bits per heavy atom. The van der Waals surface area contributed by atoms with Gasteiger partial charge in [0.15, 0.2) is 6.10 Å². The Morgan fingerprint density at radius 3 is 1.11 bits per heavy atom. The summed E-state index contributed by atoms with van der Waals surface area (Å²) in [6.45, 7) is 4.28. The molecule has 2 unspecified atom stereocenters. The minimum atomic E-state index is -4.63. The Morgan fingerprint density at radius 2 is 0.761 bits per heavy atom. The second-order valence-electron chi connectivity index (χ2n) is 22.1. The summed E-state index contributed by atoms with van der Waals surface area (Å²) in [6.07, 6.45) is 63.9. The third kappa shape index (κ3) is 57.6. The van der Waals surface area contributed by atoms with Crippen LogP contribution in [0.4, 0.5) is 0 Å². The summed E-state index contributed by atoms with van der Waals surface area (Å²) in [5.41, 5.74) is 0. The normalized spacial score (nSPS) is 13.4. The van der Waals surface area contributed by atoms with Crippen LogP contribution in [0.5, 0.6) is 0 Å². The van der Waals surface area contributed by atoms with Gasteiger partial charge in [-0.1, -0.05) is 269 Å². The van der Waals surface area contributed by atoms with Gasteiger partial charge in [-0.2, -0.15) is 0 Å². The van der Waals surface area contributed by atoms with Crippen molar-refractivity contribution < 1.29 is 42.1 Å². The van der Waals surface area contributed by atoms with Crippen LogP contribution >= 0.6 is 7.82 Å². The Balaban J connectivity index is 3.97. The van der Waals surface area contributed by atoms with Crippen molar-refractivity contribution in [1.29, 1.82) is 0 Å². The van der Waals surface area contributed by atoms with Crippen molar-refractivity contribution >= 4 is 19.8 Å². The van der Waals surface area contributed by atoms with E-state index in [1.807, 2.05) is 21.1 Å². The standard InChI is InChI=1S/C61H118NO8P/c1-6-8-10-12-14-16-18-20-22-23-24-25-26-27-28-29-30-31-32-33-34-35-36-37-38-39-40-42-44-46-48-50-52-54-61(64)70-59(58-69-71(65,66)68-56-55-62(3,4)5)57-67-60(63)53-51-49-47-45-43-41-21-19-17-15-13-11-9-7-2/h18,20,23-24,59H,6-17,19,21-22,25-58H2,1-5H3/b20-18-,24-23-. The highest BCUT2D eigenvalue weighted by Crippen LogP contribution is 2.38. The van der Waals surface area contributed by atoms with Crippen LogP contribution in [0.25, 0.3) is 0 Å². The van der Waals surface area contributed by atoms with Gasteiger partial charge in [-0.15, -0.1) is 0 Å². The minimum absolute atomic E-state index is 0.0269. The van der Waals surface area contributed by atoms with Crippen LogP contribution in [-0.4, -0.2) is 70.0 Å². The molecule has 0 aliphatic heterocycles. The number of carbonyl (C=O) groups excluding carboxylic acids is 2. The maximum atomic E-state index is 12.8. The van der Waals surface area contributed by atoms with E-state index in [-0.39, 0.29) is 32.0 Å². The fourth-order valence-corrected chi connectivity index (χ4v) is 9.71. The highest BCUT2D eigenvalue weighted by Gasteiger charge is 2.22. The van der Waals surface area contributed by atoms with Crippen LogP contribution in [-0.2, 0) is 32.7 Å². The molecule has 0 aliphatic rings. The lowest BCUT2D eigenvalue weighted by Gasteiger charge is -2.28. The molecule has 0 aromatic carbocycles. The van der Waals surface area contributed by atoms with Gasteiger partial charge >= 0.3 is 11.9 Å². The van der Waals surface area contributed by atoms with E-state index < -0.39 is 26.5 Å². The van der Waals surface area contributed by atoms with Gasteiger partial charge in [0.2, 0.25) is 0 Å². The second kappa shape index (κ2) is 53.3. The SMILES string of the molecule is CCCCCCC/C=C\C/C=C\CCCCCCCCCCCCCCCCCCCCCCCC(=O)OC(COC(=O)CCCCCCCCCCCCCCCC)COP(=O)([O-])OCC[N+](C)(C)C. The van der Waals surface area contributed by atoms with E-state index in [0.29, 0.717) is 17.4 Å². The molecule has 0 aromatic heterocycles. The van der Waals surface area contributed by atoms with Gasteiger partial charge in [-0.25, -0.2) is 0 Å². The number of esters is 2. The molecule has 2 atom stereocenters. The number of allylic oxidation sites excluding steroid dienone is 4. The molecular formula is C61H118NO8P. The van der Waals surface area contributed by atoms with Gasteiger partial charge in [0.05, 0.1) is 27.7 Å². The van der Waals surface area contributed by atoms with Crippen LogP contribution in [0.15, 0.2) is 24.3 Å². The largest absolute Gasteiger partial charge is 0.756 e. The van der Waals surface area contributed by atoms with Gasteiger partial charge in [-0.05, 0) is 44.9 Å². The number of hydrogen-bond donors (Lipinski definition) is 0. The Hall–Kier alpha value is -1.51. The number of nitrogens with zero attached hydrogens (tertiary/aromatic N) is 1. The molecule has 0 saturated heterocycles. The first-order chi connectivity index (χ1) is 34.5. The van der Waals surface area contributed by atoms with Gasteiger partial charge in [0.25, 0.3) is 7.82 Å². The number of unbranched alkanes of at least 4 members (excludes halogenated alkanes) is 39. The molecular weight excluding hydrogens is 906 g/mol. The zero-order chi connectivity index (χ0) is 52.0. The first kappa shape index (κ1) is 69.5. The molecule has 0 saturated carbocycles. The lowest BCUT2D eigenvalue weighted by atomic mass is 10.0. The van der Waals surface area contributed by atoms with E-state index in [4.69, 9.17) is 18.5 Å². The maximum Gasteiger partial charge on any atom is 0.306 e. The van der Waals surface area contributed by atoms with Crippen molar-refractivity contribution in [2.75, 3.05) is 47.5 Å². The molecule has 9 nitrogen and oxygen atoms in total. The molecule has 0 fully saturated rings. The van der Waals surface area contributed by atoms with Crippen molar-refractivity contribution in [2.45, 2.75) is 309 Å². The molecule has 0 aliphatic carbocycles. The van der Waals surface area contributed by atoms with Crippen molar-refractivity contribution in [3.05, 3.63) is 24.3 Å². The number of phosphoric ester groups is 1. The van der Waals surface area contributed by atoms with E-state index in [1.54, 1.807) is 0 Å². The highest BCUT2D eigenvalue weighted by atomic mass is 31.2. The zero-order valence-electron chi connectivity index (χ0n) is 47.7. The van der Waals surface area contributed by atoms with Crippen LogP contribution in [0, 0.1) is 0 Å². The third-order valence-corrected chi connectivity index (χ3v) is 14.7. The predicted octanol–water partition coefficient (Wildman–Crippen LogP) is 18.4. The summed E-state index contributed by atoms with van der Waals surface area (Å²) >= 11 is 0. The van der Waals surface area contributed by atoms with Gasteiger partial charge < -0.3 is 27.9 Å². The van der Waals surface area contributed by atoms with Crippen molar-refractivity contribution in [2.24, 2.45) is 0 Å². The number of likely N-dealkylation sites (N-methyl/N-ethyl adjacent to an activating group) is 1. The quantitative estimate of drug-likeness (QED) is 0.0195. The number of ether oxygens (including phenoxy) is 2. The monoisotopic (exact) mass is 1020 g/mol.